The largest absolute Gasteiger partial charge is 0.352 e. The molecule has 0 radical (unpaired) electrons. The van der Waals surface area contributed by atoms with E-state index in [-0.39, 0.29) is 35.5 Å². The summed E-state index contributed by atoms with van der Waals surface area (Å²) >= 11 is 19.3. The molecule has 0 aliphatic heterocycles. The fourth-order valence-corrected chi connectivity index (χ4v) is 6.59. The number of anilines is 1. The summed E-state index contributed by atoms with van der Waals surface area (Å²) in [6.07, 6.45) is 0.972. The molecule has 0 spiro atoms. The summed E-state index contributed by atoms with van der Waals surface area (Å²) in [6.45, 7) is 8.46. The van der Waals surface area contributed by atoms with Crippen molar-refractivity contribution in [2.24, 2.45) is 0 Å². The number of halogens is 3. The minimum atomic E-state index is -4.23. The molecule has 3 aromatic carbocycles. The molecule has 1 N–H and O–H groups in total. The van der Waals surface area contributed by atoms with Crippen LogP contribution < -0.4 is 9.62 Å². The molecule has 3 aromatic rings. The summed E-state index contributed by atoms with van der Waals surface area (Å²) in [5.41, 5.74) is 2.08. The van der Waals surface area contributed by atoms with Crippen molar-refractivity contribution in [3.63, 3.8) is 0 Å². The van der Waals surface area contributed by atoms with Crippen LogP contribution in [0.3, 0.4) is 0 Å². The van der Waals surface area contributed by atoms with E-state index in [1.807, 2.05) is 20.8 Å². The smallest absolute Gasteiger partial charge is 0.264 e. The van der Waals surface area contributed by atoms with Gasteiger partial charge in [0.1, 0.15) is 12.6 Å². The number of aryl methyl sites for hydroxylation is 1. The fraction of sp³-hybridized carbons (Fsp3) is 0.355. The van der Waals surface area contributed by atoms with Gasteiger partial charge >= 0.3 is 0 Å². The summed E-state index contributed by atoms with van der Waals surface area (Å²) in [6, 6.07) is 15.2. The van der Waals surface area contributed by atoms with Gasteiger partial charge in [0.2, 0.25) is 11.8 Å². The van der Waals surface area contributed by atoms with Crippen LogP contribution in [-0.4, -0.2) is 43.8 Å². The first kappa shape index (κ1) is 33.7. The first-order valence-electron chi connectivity index (χ1n) is 13.7. The number of nitrogens with zero attached hydrogens (tertiary/aromatic N) is 2. The molecule has 0 fully saturated rings. The van der Waals surface area contributed by atoms with E-state index >= 15 is 0 Å². The third-order valence-electron chi connectivity index (χ3n) is 7.17. The van der Waals surface area contributed by atoms with Crippen molar-refractivity contribution in [3.8, 4) is 0 Å². The Balaban J connectivity index is 2.14. The van der Waals surface area contributed by atoms with Gasteiger partial charge in [0.15, 0.2) is 0 Å². The van der Waals surface area contributed by atoms with Gasteiger partial charge in [0.25, 0.3) is 10.0 Å². The fourth-order valence-electron chi connectivity index (χ4n) is 4.43. The lowest BCUT2D eigenvalue weighted by Gasteiger charge is -2.34. The summed E-state index contributed by atoms with van der Waals surface area (Å²) in [5.74, 6) is -0.956. The molecular weight excluding hydrogens is 617 g/mol. The number of hydrogen-bond acceptors (Lipinski definition) is 4. The van der Waals surface area contributed by atoms with Crippen molar-refractivity contribution < 1.29 is 18.0 Å². The monoisotopic (exact) mass is 651 g/mol. The zero-order valence-corrected chi connectivity index (χ0v) is 27.4. The lowest BCUT2D eigenvalue weighted by Crippen LogP contribution is -2.53. The van der Waals surface area contributed by atoms with E-state index in [9.17, 15) is 18.0 Å². The molecule has 3 rings (SSSR count). The Bertz CT molecular complexity index is 1510. The van der Waals surface area contributed by atoms with E-state index < -0.39 is 28.5 Å². The second-order valence-corrected chi connectivity index (χ2v) is 13.3. The Hall–Kier alpha value is -2.78. The van der Waals surface area contributed by atoms with Gasteiger partial charge in [0.05, 0.1) is 10.6 Å². The zero-order valence-electron chi connectivity index (χ0n) is 24.3. The van der Waals surface area contributed by atoms with Gasteiger partial charge in [-0.1, -0.05) is 78.5 Å². The highest BCUT2D eigenvalue weighted by Gasteiger charge is 2.35. The van der Waals surface area contributed by atoms with Gasteiger partial charge in [-0.25, -0.2) is 8.42 Å². The van der Waals surface area contributed by atoms with Gasteiger partial charge in [-0.05, 0) is 75.6 Å². The maximum Gasteiger partial charge on any atom is 0.264 e. The Labute approximate surface area is 263 Å². The van der Waals surface area contributed by atoms with Gasteiger partial charge in [-0.15, -0.1) is 0 Å². The van der Waals surface area contributed by atoms with Crippen LogP contribution in [-0.2, 0) is 26.2 Å². The van der Waals surface area contributed by atoms with Crippen molar-refractivity contribution in [1.82, 2.24) is 10.2 Å². The predicted octanol–water partition coefficient (Wildman–Crippen LogP) is 7.18. The number of benzene rings is 3. The zero-order chi connectivity index (χ0) is 31.2. The average molecular weight is 653 g/mol. The summed E-state index contributed by atoms with van der Waals surface area (Å²) in [7, 11) is -4.23. The third kappa shape index (κ3) is 7.78. The second kappa shape index (κ2) is 14.6. The highest BCUT2D eigenvalue weighted by molar-refractivity contribution is 7.92. The number of rotatable bonds is 12. The van der Waals surface area contributed by atoms with Crippen LogP contribution in [0.4, 0.5) is 5.69 Å². The standard InChI is InChI=1S/C31H36Cl3N3O4S/c1-6-21(4)35-31(39)28(7-2)36(18-24-26(33)11-8-12-27(24)34)30(38)19-37(29-13-9-10-25(32)22(29)5)42(40,41)23-16-14-20(3)15-17-23/h8-17,21,28H,6-7,18-19H2,1-5H3,(H,35,39)/t21-,28-/m0/s1. The lowest BCUT2D eigenvalue weighted by molar-refractivity contribution is -0.140. The molecule has 0 unspecified atom stereocenters. The Morgan fingerprint density at radius 3 is 2.00 bits per heavy atom. The molecule has 2 amide bonds. The van der Waals surface area contributed by atoms with Crippen molar-refractivity contribution in [2.45, 2.75) is 71.0 Å². The van der Waals surface area contributed by atoms with Crippen LogP contribution in [0.5, 0.6) is 0 Å². The molecule has 0 aromatic heterocycles. The van der Waals surface area contributed by atoms with Gasteiger partial charge < -0.3 is 10.2 Å². The van der Waals surface area contributed by atoms with Crippen LogP contribution in [0.25, 0.3) is 0 Å². The Kier molecular flexibility index (Phi) is 11.7. The lowest BCUT2D eigenvalue weighted by atomic mass is 10.1. The molecule has 0 saturated heterocycles. The highest BCUT2D eigenvalue weighted by Crippen LogP contribution is 2.32. The van der Waals surface area contributed by atoms with Gasteiger partial charge in [-0.2, -0.15) is 0 Å². The molecule has 42 heavy (non-hydrogen) atoms. The van der Waals surface area contributed by atoms with Crippen molar-refractivity contribution in [1.29, 1.82) is 0 Å². The Morgan fingerprint density at radius 2 is 1.43 bits per heavy atom. The third-order valence-corrected chi connectivity index (χ3v) is 10.1. The number of hydrogen-bond donors (Lipinski definition) is 1. The molecule has 226 valence electrons. The summed E-state index contributed by atoms with van der Waals surface area (Å²) in [4.78, 5) is 29.1. The van der Waals surface area contributed by atoms with E-state index in [2.05, 4.69) is 5.32 Å². The minimum Gasteiger partial charge on any atom is -0.352 e. The highest BCUT2D eigenvalue weighted by atomic mass is 35.5. The number of amides is 2. The van der Waals surface area contributed by atoms with Crippen molar-refractivity contribution in [2.75, 3.05) is 10.8 Å². The number of nitrogens with one attached hydrogen (secondary N) is 1. The minimum absolute atomic E-state index is 0.0162. The van der Waals surface area contributed by atoms with Crippen LogP contribution >= 0.6 is 34.8 Å². The molecular formula is C31H36Cl3N3O4S. The maximum absolute atomic E-state index is 14.3. The quantitative estimate of drug-likeness (QED) is 0.225. The topological polar surface area (TPSA) is 86.8 Å². The van der Waals surface area contributed by atoms with Crippen LogP contribution in [0.2, 0.25) is 15.1 Å². The van der Waals surface area contributed by atoms with Gasteiger partial charge in [0, 0.05) is 33.2 Å². The number of carbonyl (C=O) groups excluding carboxylic acids is 2. The van der Waals surface area contributed by atoms with Crippen molar-refractivity contribution in [3.05, 3.63) is 92.4 Å². The molecule has 0 aliphatic rings. The first-order valence-corrected chi connectivity index (χ1v) is 16.3. The normalized spacial score (nSPS) is 12.9. The number of carbonyl (C=O) groups is 2. The Morgan fingerprint density at radius 1 is 0.857 bits per heavy atom. The molecule has 0 heterocycles. The second-order valence-electron chi connectivity index (χ2n) is 10.2. The van der Waals surface area contributed by atoms with E-state index in [0.29, 0.717) is 32.6 Å². The molecule has 0 saturated carbocycles. The maximum atomic E-state index is 14.3. The van der Waals surface area contributed by atoms with Crippen LogP contribution in [0.1, 0.15) is 50.3 Å². The van der Waals surface area contributed by atoms with E-state index in [0.717, 1.165) is 9.87 Å². The SMILES string of the molecule is CC[C@H](C)NC(=O)[C@H](CC)N(Cc1c(Cl)cccc1Cl)C(=O)CN(c1cccc(Cl)c1C)S(=O)(=O)c1ccc(C)cc1. The molecule has 0 aliphatic carbocycles. The van der Waals surface area contributed by atoms with Gasteiger partial charge in [-0.3, -0.25) is 13.9 Å². The molecule has 7 nitrogen and oxygen atoms in total. The van der Waals surface area contributed by atoms with E-state index in [1.54, 1.807) is 62.4 Å². The van der Waals surface area contributed by atoms with Crippen molar-refractivity contribution >= 4 is 62.3 Å². The molecule has 11 heteroatoms. The van der Waals surface area contributed by atoms with E-state index in [1.165, 1.54) is 17.0 Å². The van der Waals surface area contributed by atoms with E-state index in [4.69, 9.17) is 34.8 Å². The summed E-state index contributed by atoms with van der Waals surface area (Å²) < 4.78 is 29.2. The van der Waals surface area contributed by atoms with Crippen LogP contribution in [0.15, 0.2) is 65.6 Å². The average Bonchev–Trinajstić information content (AvgIpc) is 2.94. The predicted molar refractivity (Wildman–Crippen MR) is 171 cm³/mol. The number of sulfonamides is 1. The first-order chi connectivity index (χ1) is 19.8. The summed E-state index contributed by atoms with van der Waals surface area (Å²) in [5, 5.41) is 3.95. The molecule has 0 bridgehead atoms. The molecule has 2 atom stereocenters. The van der Waals surface area contributed by atoms with Crippen LogP contribution in [0, 0.1) is 13.8 Å².